The van der Waals surface area contributed by atoms with Gasteiger partial charge in [0, 0.05) is 30.1 Å². The van der Waals surface area contributed by atoms with Gasteiger partial charge in [0.05, 0.1) is 6.10 Å². The first-order valence-electron chi connectivity index (χ1n) is 17.4. The van der Waals surface area contributed by atoms with E-state index in [0.717, 1.165) is 62.8 Å². The van der Waals surface area contributed by atoms with E-state index in [4.69, 9.17) is 15.2 Å². The third kappa shape index (κ3) is 6.21. The summed E-state index contributed by atoms with van der Waals surface area (Å²) in [7, 11) is 0. The molecule has 2 aliphatic carbocycles. The summed E-state index contributed by atoms with van der Waals surface area (Å²) in [4.78, 5) is 14.8. The second-order valence-corrected chi connectivity index (χ2v) is 14.0. The van der Waals surface area contributed by atoms with Crippen LogP contribution in [0.3, 0.4) is 0 Å². The van der Waals surface area contributed by atoms with Crippen LogP contribution < -0.4 is 21.1 Å². The first-order chi connectivity index (χ1) is 20.1. The molecule has 6 nitrogen and oxygen atoms in total. The second kappa shape index (κ2) is 13.3. The summed E-state index contributed by atoms with van der Waals surface area (Å²) in [5.74, 6) is 1.41. The van der Waals surface area contributed by atoms with Gasteiger partial charge in [-0.05, 0) is 69.4 Å². The molecule has 4 N–H and O–H groups in total. The number of carbonyl (C=O) groups is 1. The van der Waals surface area contributed by atoms with Gasteiger partial charge in [0.25, 0.3) is 5.91 Å². The predicted molar refractivity (Wildman–Crippen MR) is 164 cm³/mol. The smallest absolute Gasteiger partial charge is 0.252 e. The number of nitrogens with two attached hydrogens (primary N) is 1. The molecule has 4 fully saturated rings. The number of amides is 1. The standard InChI is InChI=1S/C35H55N3O3/c36-25-28-24-26-14-12-17-29(32(26)40-28)30-19-22-35(41-30,27-15-8-4-3-5-9-16-27)33(39)38-31-18-13-23-37-34(31)20-10-6-1-2-7-11-21-34/h12,14,17,27-28,30-31,37H,1-11,13,15-16,18-25,36H2,(H,38,39)/t28-,30?,31?,35?/m0/s1. The van der Waals surface area contributed by atoms with Crippen LogP contribution in [0, 0.1) is 5.92 Å². The van der Waals surface area contributed by atoms with Gasteiger partial charge in [-0.3, -0.25) is 4.79 Å². The van der Waals surface area contributed by atoms with Gasteiger partial charge in [-0.2, -0.15) is 0 Å². The highest BCUT2D eigenvalue weighted by Gasteiger charge is 2.54. The zero-order valence-corrected chi connectivity index (χ0v) is 25.4. The number of para-hydroxylation sites is 1. The lowest BCUT2D eigenvalue weighted by molar-refractivity contribution is -0.157. The summed E-state index contributed by atoms with van der Waals surface area (Å²) in [5, 5.41) is 7.71. The molecule has 1 amide bonds. The van der Waals surface area contributed by atoms with Crippen LogP contribution in [0.15, 0.2) is 18.2 Å². The molecule has 3 heterocycles. The van der Waals surface area contributed by atoms with Crippen molar-refractivity contribution >= 4 is 5.91 Å². The van der Waals surface area contributed by atoms with Crippen LogP contribution in [0.2, 0.25) is 0 Å². The van der Waals surface area contributed by atoms with Crippen LogP contribution in [-0.4, -0.2) is 42.3 Å². The Morgan fingerprint density at radius 2 is 1.59 bits per heavy atom. The summed E-state index contributed by atoms with van der Waals surface area (Å²) >= 11 is 0. The van der Waals surface area contributed by atoms with Crippen molar-refractivity contribution in [3.8, 4) is 5.75 Å². The zero-order chi connectivity index (χ0) is 28.1. The van der Waals surface area contributed by atoms with E-state index in [-0.39, 0.29) is 35.6 Å². The van der Waals surface area contributed by atoms with Crippen LogP contribution in [0.1, 0.15) is 139 Å². The molecule has 2 saturated heterocycles. The average molecular weight is 566 g/mol. The van der Waals surface area contributed by atoms with Crippen molar-refractivity contribution < 1.29 is 14.3 Å². The van der Waals surface area contributed by atoms with Crippen LogP contribution in [-0.2, 0) is 16.0 Å². The lowest BCUT2D eigenvalue weighted by Gasteiger charge is -2.47. The fourth-order valence-corrected chi connectivity index (χ4v) is 9.03. The molecule has 0 bridgehead atoms. The molecular formula is C35H55N3O3. The largest absolute Gasteiger partial charge is 0.488 e. The monoisotopic (exact) mass is 565 g/mol. The highest BCUT2D eigenvalue weighted by Crippen LogP contribution is 2.50. The summed E-state index contributed by atoms with van der Waals surface area (Å²) in [5.41, 5.74) is 7.60. The molecule has 3 unspecified atom stereocenters. The van der Waals surface area contributed by atoms with Gasteiger partial charge in [-0.1, -0.05) is 88.8 Å². The highest BCUT2D eigenvalue weighted by atomic mass is 16.5. The van der Waals surface area contributed by atoms with E-state index >= 15 is 0 Å². The van der Waals surface area contributed by atoms with E-state index in [0.29, 0.717) is 6.54 Å². The van der Waals surface area contributed by atoms with E-state index in [1.807, 2.05) is 0 Å². The molecule has 41 heavy (non-hydrogen) atoms. The minimum atomic E-state index is -0.756. The Morgan fingerprint density at radius 1 is 0.878 bits per heavy atom. The molecule has 0 aromatic heterocycles. The highest BCUT2D eigenvalue weighted by molar-refractivity contribution is 5.86. The molecule has 3 aliphatic heterocycles. The number of hydrogen-bond donors (Lipinski definition) is 3. The zero-order valence-electron chi connectivity index (χ0n) is 25.4. The summed E-state index contributed by atoms with van der Waals surface area (Å²) < 4.78 is 13.5. The minimum Gasteiger partial charge on any atom is -0.488 e. The SMILES string of the molecule is NC[C@@H]1Cc2cccc(C3CCC(C(=O)NC4CCCNC45CCCCCCCC5)(C4CCCCCCC4)O3)c2O1. The van der Waals surface area contributed by atoms with E-state index in [2.05, 4.69) is 28.8 Å². The summed E-state index contributed by atoms with van der Waals surface area (Å²) in [6, 6.07) is 6.63. The van der Waals surface area contributed by atoms with Crippen LogP contribution in [0.25, 0.3) is 0 Å². The normalized spacial score (nSPS) is 33.0. The minimum absolute atomic E-state index is 0.0315. The molecule has 6 heteroatoms. The maximum atomic E-state index is 14.8. The molecule has 1 spiro atoms. The van der Waals surface area contributed by atoms with E-state index in [1.54, 1.807) is 0 Å². The Bertz CT molecular complexity index is 1010. The molecule has 0 radical (unpaired) electrons. The molecule has 228 valence electrons. The van der Waals surface area contributed by atoms with Crippen molar-refractivity contribution in [2.75, 3.05) is 13.1 Å². The van der Waals surface area contributed by atoms with Gasteiger partial charge in [-0.25, -0.2) is 0 Å². The Kier molecular flexibility index (Phi) is 9.58. The van der Waals surface area contributed by atoms with Gasteiger partial charge < -0.3 is 25.8 Å². The fourth-order valence-electron chi connectivity index (χ4n) is 9.03. The van der Waals surface area contributed by atoms with Gasteiger partial charge >= 0.3 is 0 Å². The third-order valence-corrected chi connectivity index (χ3v) is 11.4. The van der Waals surface area contributed by atoms with Crippen molar-refractivity contribution in [3.63, 3.8) is 0 Å². The molecule has 5 aliphatic rings. The van der Waals surface area contributed by atoms with Crippen molar-refractivity contribution in [1.29, 1.82) is 0 Å². The molecule has 1 aromatic carbocycles. The number of nitrogens with one attached hydrogen (secondary N) is 2. The maximum Gasteiger partial charge on any atom is 0.252 e. The number of ether oxygens (including phenoxy) is 2. The molecule has 1 aromatic rings. The van der Waals surface area contributed by atoms with Crippen LogP contribution >= 0.6 is 0 Å². The molecular weight excluding hydrogens is 510 g/mol. The Hall–Kier alpha value is -1.63. The fraction of sp³-hybridized carbons (Fsp3) is 0.800. The average Bonchev–Trinajstić information content (AvgIpc) is 3.62. The summed E-state index contributed by atoms with van der Waals surface area (Å²) in [6.07, 6.45) is 23.3. The lowest BCUT2D eigenvalue weighted by atomic mass is 9.74. The predicted octanol–water partition coefficient (Wildman–Crippen LogP) is 6.64. The molecule has 4 atom stereocenters. The first kappa shape index (κ1) is 29.4. The quantitative estimate of drug-likeness (QED) is 0.373. The number of rotatable bonds is 5. The number of hydrogen-bond acceptors (Lipinski definition) is 5. The first-order valence-corrected chi connectivity index (χ1v) is 17.4. The Balaban J connectivity index is 1.27. The Labute approximate surface area is 248 Å². The van der Waals surface area contributed by atoms with Crippen LogP contribution in [0.4, 0.5) is 0 Å². The van der Waals surface area contributed by atoms with Crippen molar-refractivity contribution in [1.82, 2.24) is 10.6 Å². The van der Waals surface area contributed by atoms with Gasteiger partial charge in [0.2, 0.25) is 0 Å². The molecule has 2 saturated carbocycles. The van der Waals surface area contributed by atoms with Gasteiger partial charge in [0.1, 0.15) is 17.5 Å². The maximum absolute atomic E-state index is 14.8. The number of piperidine rings is 1. The Morgan fingerprint density at radius 3 is 2.32 bits per heavy atom. The number of fused-ring (bicyclic) bond motifs is 1. The van der Waals surface area contributed by atoms with Crippen molar-refractivity contribution in [3.05, 3.63) is 29.3 Å². The van der Waals surface area contributed by atoms with Gasteiger partial charge in [0.15, 0.2) is 0 Å². The van der Waals surface area contributed by atoms with E-state index in [1.165, 1.54) is 89.0 Å². The molecule has 6 rings (SSSR count). The van der Waals surface area contributed by atoms with Crippen molar-refractivity contribution in [2.24, 2.45) is 11.7 Å². The summed E-state index contributed by atoms with van der Waals surface area (Å²) in [6.45, 7) is 1.59. The van der Waals surface area contributed by atoms with Crippen LogP contribution in [0.5, 0.6) is 5.75 Å². The topological polar surface area (TPSA) is 85.6 Å². The van der Waals surface area contributed by atoms with E-state index in [9.17, 15) is 4.79 Å². The number of carbonyl (C=O) groups excluding carboxylic acids is 1. The second-order valence-electron chi connectivity index (χ2n) is 14.0. The van der Waals surface area contributed by atoms with Crippen molar-refractivity contribution in [2.45, 2.75) is 158 Å². The van der Waals surface area contributed by atoms with E-state index < -0.39 is 5.60 Å². The third-order valence-electron chi connectivity index (χ3n) is 11.4. The lowest BCUT2D eigenvalue weighted by Crippen LogP contribution is -2.66. The van der Waals surface area contributed by atoms with Gasteiger partial charge in [-0.15, -0.1) is 0 Å². The number of benzene rings is 1.